The van der Waals surface area contributed by atoms with Gasteiger partial charge < -0.3 is 4.90 Å². The molecule has 7 heteroatoms. The second-order valence-corrected chi connectivity index (χ2v) is 10.9. The zero-order valence-electron chi connectivity index (χ0n) is 17.8. The van der Waals surface area contributed by atoms with Crippen LogP contribution in [0.3, 0.4) is 0 Å². The van der Waals surface area contributed by atoms with E-state index in [4.69, 9.17) is 44.8 Å². The van der Waals surface area contributed by atoms with Crippen molar-refractivity contribution in [2.24, 2.45) is 4.99 Å². The van der Waals surface area contributed by atoms with E-state index in [0.29, 0.717) is 21.0 Å². The van der Waals surface area contributed by atoms with Gasteiger partial charge in [0.1, 0.15) is 16.9 Å². The molecule has 1 saturated carbocycles. The van der Waals surface area contributed by atoms with Gasteiger partial charge in [-0.05, 0) is 68.1 Å². The van der Waals surface area contributed by atoms with Crippen molar-refractivity contribution in [3.05, 3.63) is 79.2 Å². The molecule has 32 heavy (non-hydrogen) atoms. The normalized spacial score (nSPS) is 21.8. The molecular weight excluding hydrogens is 481 g/mol. The second kappa shape index (κ2) is 9.34. The first kappa shape index (κ1) is 22.2. The molecule has 2 aliphatic rings. The second-order valence-electron chi connectivity index (χ2n) is 8.54. The van der Waals surface area contributed by atoms with Crippen LogP contribution in [0, 0.1) is 0 Å². The van der Waals surface area contributed by atoms with Gasteiger partial charge in [0.05, 0.1) is 11.1 Å². The van der Waals surface area contributed by atoms with Crippen molar-refractivity contribution in [3.8, 4) is 0 Å². The largest absolute Gasteiger partial charge is 0.321 e. The van der Waals surface area contributed by atoms with Crippen LogP contribution < -0.4 is 4.90 Å². The number of hydrogen-bond donors (Lipinski definition) is 0. The van der Waals surface area contributed by atoms with Gasteiger partial charge in [-0.1, -0.05) is 54.1 Å². The first-order valence-electron chi connectivity index (χ1n) is 11.0. The Balaban J connectivity index is 1.54. The Labute approximate surface area is 208 Å². The molecule has 0 radical (unpaired) electrons. The highest BCUT2D eigenvalue weighted by Crippen LogP contribution is 2.42. The van der Waals surface area contributed by atoms with Crippen LogP contribution in [-0.2, 0) is 0 Å². The Kier molecular flexibility index (Phi) is 6.48. The molecule has 0 amide bonds. The Morgan fingerprint density at radius 1 is 0.938 bits per heavy atom. The molecule has 0 spiro atoms. The van der Waals surface area contributed by atoms with E-state index in [2.05, 4.69) is 18.0 Å². The maximum absolute atomic E-state index is 6.61. The van der Waals surface area contributed by atoms with E-state index in [0.717, 1.165) is 22.1 Å². The zero-order chi connectivity index (χ0) is 22.2. The summed E-state index contributed by atoms with van der Waals surface area (Å²) >= 11 is 20.8. The van der Waals surface area contributed by atoms with Crippen LogP contribution in [0.25, 0.3) is 0 Å². The minimum absolute atomic E-state index is 0.0604. The van der Waals surface area contributed by atoms with Gasteiger partial charge in [-0.15, -0.1) is 11.3 Å². The molecule has 0 saturated heterocycles. The predicted molar refractivity (Wildman–Crippen MR) is 137 cm³/mol. The summed E-state index contributed by atoms with van der Waals surface area (Å²) in [5.41, 5.74) is 1.89. The molecule has 1 aliphatic heterocycles. The average molecular weight is 505 g/mol. The molecule has 0 N–H and O–H groups in total. The maximum atomic E-state index is 6.61. The van der Waals surface area contributed by atoms with Gasteiger partial charge in [0.15, 0.2) is 0 Å². The van der Waals surface area contributed by atoms with Gasteiger partial charge in [0.2, 0.25) is 0 Å². The number of nitrogens with zero attached hydrogens (tertiary/aromatic N) is 3. The van der Waals surface area contributed by atoms with Crippen molar-refractivity contribution in [2.75, 3.05) is 4.90 Å². The van der Waals surface area contributed by atoms with Gasteiger partial charge in [-0.3, -0.25) is 4.99 Å². The maximum Gasteiger partial charge on any atom is 0.138 e. The Morgan fingerprint density at radius 2 is 1.66 bits per heavy atom. The van der Waals surface area contributed by atoms with Crippen molar-refractivity contribution in [1.82, 2.24) is 4.98 Å². The van der Waals surface area contributed by atoms with E-state index in [1.807, 2.05) is 47.7 Å². The Bertz CT molecular complexity index is 1140. The molecular formula is C25H24Cl3N3S. The molecule has 2 unspecified atom stereocenters. The van der Waals surface area contributed by atoms with Gasteiger partial charge >= 0.3 is 0 Å². The average Bonchev–Trinajstić information content (AvgIpc) is 3.40. The van der Waals surface area contributed by atoms with Crippen LogP contribution in [0.4, 0.5) is 5.69 Å². The topological polar surface area (TPSA) is 28.5 Å². The number of thiazole rings is 1. The van der Waals surface area contributed by atoms with Crippen molar-refractivity contribution < 1.29 is 0 Å². The molecule has 1 fully saturated rings. The number of hydrogen-bond acceptors (Lipinski definition) is 4. The molecule has 2 heterocycles. The first-order valence-corrected chi connectivity index (χ1v) is 13.0. The van der Waals surface area contributed by atoms with Gasteiger partial charge in [0, 0.05) is 32.4 Å². The number of amidine groups is 1. The van der Waals surface area contributed by atoms with E-state index in [1.165, 1.54) is 37.0 Å². The molecule has 5 rings (SSSR count). The lowest BCUT2D eigenvalue weighted by atomic mass is 9.89. The first-order chi connectivity index (χ1) is 15.5. The third-order valence-electron chi connectivity index (χ3n) is 6.43. The van der Waals surface area contributed by atoms with Gasteiger partial charge in [-0.2, -0.15) is 0 Å². The van der Waals surface area contributed by atoms with E-state index in [1.54, 1.807) is 6.07 Å². The third-order valence-corrected chi connectivity index (χ3v) is 8.46. The highest BCUT2D eigenvalue weighted by molar-refractivity contribution is 7.11. The number of halogens is 3. The predicted octanol–water partition coefficient (Wildman–Crippen LogP) is 8.55. The fourth-order valence-corrected chi connectivity index (χ4v) is 6.58. The summed E-state index contributed by atoms with van der Waals surface area (Å²) in [6.07, 6.45) is 8.62. The highest BCUT2D eigenvalue weighted by atomic mass is 35.5. The summed E-state index contributed by atoms with van der Waals surface area (Å²) in [6, 6.07) is 13.4. The molecule has 1 aliphatic carbocycles. The summed E-state index contributed by atoms with van der Waals surface area (Å²) in [5.74, 6) is 1.48. The van der Waals surface area contributed by atoms with Crippen LogP contribution in [0.2, 0.25) is 15.1 Å². The van der Waals surface area contributed by atoms with Gasteiger partial charge in [0.25, 0.3) is 0 Å². The molecule has 166 valence electrons. The van der Waals surface area contributed by atoms with Crippen LogP contribution >= 0.6 is 46.1 Å². The molecule has 3 nitrogen and oxygen atoms in total. The lowest BCUT2D eigenvalue weighted by molar-refractivity contribution is 0.448. The molecule has 3 aromatic rings. The van der Waals surface area contributed by atoms with Crippen LogP contribution in [-0.4, -0.2) is 16.9 Å². The third kappa shape index (κ3) is 4.31. The van der Waals surface area contributed by atoms with Crippen molar-refractivity contribution >= 4 is 57.7 Å². The van der Waals surface area contributed by atoms with Gasteiger partial charge in [-0.25, -0.2) is 4.98 Å². The number of anilines is 1. The van der Waals surface area contributed by atoms with Crippen LogP contribution in [0.1, 0.15) is 66.4 Å². The van der Waals surface area contributed by atoms with Crippen LogP contribution in [0.15, 0.2) is 53.7 Å². The molecule has 1 aromatic heterocycles. The number of rotatable bonds is 4. The van der Waals surface area contributed by atoms with E-state index in [9.17, 15) is 0 Å². The van der Waals surface area contributed by atoms with Crippen LogP contribution in [0.5, 0.6) is 0 Å². The Hall–Kier alpha value is -1.59. The van der Waals surface area contributed by atoms with E-state index < -0.39 is 0 Å². The quantitative estimate of drug-likeness (QED) is 0.356. The highest BCUT2D eigenvalue weighted by Gasteiger charge is 2.38. The summed E-state index contributed by atoms with van der Waals surface area (Å²) in [7, 11) is 0. The fourth-order valence-electron chi connectivity index (χ4n) is 4.74. The van der Waals surface area contributed by atoms with Crippen molar-refractivity contribution in [1.29, 1.82) is 0 Å². The lowest BCUT2D eigenvalue weighted by Crippen LogP contribution is -2.36. The zero-order valence-corrected chi connectivity index (χ0v) is 20.9. The summed E-state index contributed by atoms with van der Waals surface area (Å²) in [5, 5.41) is 2.97. The Morgan fingerprint density at radius 3 is 2.38 bits per heavy atom. The monoisotopic (exact) mass is 503 g/mol. The fraction of sp³-hybridized carbons (Fsp3) is 0.360. The molecule has 2 aromatic carbocycles. The van der Waals surface area contributed by atoms with E-state index >= 15 is 0 Å². The number of benzene rings is 2. The minimum Gasteiger partial charge on any atom is -0.321 e. The molecule has 2 atom stereocenters. The smallest absolute Gasteiger partial charge is 0.138 e. The number of aliphatic imine (C=N–C) groups is 1. The van der Waals surface area contributed by atoms with E-state index in [-0.39, 0.29) is 12.1 Å². The summed E-state index contributed by atoms with van der Waals surface area (Å²) < 4.78 is 0. The number of aromatic nitrogens is 1. The van der Waals surface area contributed by atoms with Crippen molar-refractivity contribution in [2.45, 2.75) is 57.0 Å². The summed E-state index contributed by atoms with van der Waals surface area (Å²) in [6.45, 7) is 2.20. The van der Waals surface area contributed by atoms with Crippen molar-refractivity contribution in [3.63, 3.8) is 0 Å². The molecule has 0 bridgehead atoms. The standard InChI is InChI=1S/C25H24Cl3N3S/c1-15-23(25-29-14-22(32-25)16-5-3-2-4-6-16)30-24(20-12-9-18(27)13-21(20)28)31(15)19-10-7-17(26)8-11-19/h7-16,23H,2-6H2,1H3. The minimum atomic E-state index is -0.0604. The summed E-state index contributed by atoms with van der Waals surface area (Å²) in [4.78, 5) is 13.6. The lowest BCUT2D eigenvalue weighted by Gasteiger charge is -2.28. The SMILES string of the molecule is CC1C(c2ncc(C3CCCCC3)s2)N=C(c2ccc(Cl)cc2Cl)N1c1ccc(Cl)cc1.